The monoisotopic (exact) mass is 236 g/mol. The van der Waals surface area contributed by atoms with Crippen molar-refractivity contribution in [1.82, 2.24) is 0 Å². The Hall–Kier alpha value is -1.02. The minimum Gasteiger partial charge on any atom is -0.491 e. The smallest absolute Gasteiger partial charge is 0.119 e. The molecule has 0 bridgehead atoms. The van der Waals surface area contributed by atoms with Crippen molar-refractivity contribution in [3.05, 3.63) is 29.8 Å². The van der Waals surface area contributed by atoms with E-state index < -0.39 is 6.10 Å². The minimum absolute atomic E-state index is 0.141. The van der Waals surface area contributed by atoms with Crippen LogP contribution in [0.1, 0.15) is 46.1 Å². The van der Waals surface area contributed by atoms with Crippen LogP contribution in [0.3, 0.4) is 0 Å². The number of rotatable bonds is 4. The Kier molecular flexibility index (Phi) is 4.58. The third-order valence-electron chi connectivity index (χ3n) is 2.95. The van der Waals surface area contributed by atoms with E-state index in [-0.39, 0.29) is 5.41 Å². The third kappa shape index (κ3) is 4.39. The summed E-state index contributed by atoms with van der Waals surface area (Å²) >= 11 is 0. The Balaban J connectivity index is 2.53. The molecule has 0 saturated heterocycles. The normalized spacial score (nSPS) is 13.8. The first-order chi connectivity index (χ1) is 7.80. The Morgan fingerprint density at radius 3 is 2.06 bits per heavy atom. The molecule has 0 aliphatic heterocycles. The van der Waals surface area contributed by atoms with E-state index >= 15 is 0 Å². The van der Waals surface area contributed by atoms with E-state index in [4.69, 9.17) is 4.74 Å². The zero-order valence-electron chi connectivity index (χ0n) is 11.5. The summed E-state index contributed by atoms with van der Waals surface area (Å²) in [5.41, 5.74) is 1.16. The lowest BCUT2D eigenvalue weighted by atomic mass is 9.90. The fraction of sp³-hybridized carbons (Fsp3) is 0.600. The van der Waals surface area contributed by atoms with Crippen LogP contribution in [-0.2, 0) is 0 Å². The van der Waals surface area contributed by atoms with Crippen LogP contribution >= 0.6 is 0 Å². The van der Waals surface area contributed by atoms with E-state index in [0.29, 0.717) is 12.5 Å². The van der Waals surface area contributed by atoms with Crippen LogP contribution in [0.2, 0.25) is 0 Å². The van der Waals surface area contributed by atoms with Crippen molar-refractivity contribution in [2.45, 2.75) is 46.6 Å². The van der Waals surface area contributed by atoms with Crippen LogP contribution in [0.4, 0.5) is 0 Å². The Morgan fingerprint density at radius 2 is 1.65 bits per heavy atom. The standard InChI is InChI=1S/C15H24O2/c1-11(2)12-6-8-13(9-7-12)17-10-14(16)15(3,4)5/h6-9,11,14,16H,10H2,1-5H3. The van der Waals surface area contributed by atoms with E-state index in [2.05, 4.69) is 26.0 Å². The van der Waals surface area contributed by atoms with Crippen LogP contribution in [0.15, 0.2) is 24.3 Å². The van der Waals surface area contributed by atoms with Gasteiger partial charge in [-0.2, -0.15) is 0 Å². The highest BCUT2D eigenvalue weighted by Gasteiger charge is 2.22. The van der Waals surface area contributed by atoms with Crippen molar-refractivity contribution < 1.29 is 9.84 Å². The number of aliphatic hydroxyl groups is 1. The van der Waals surface area contributed by atoms with E-state index in [9.17, 15) is 5.11 Å². The van der Waals surface area contributed by atoms with Gasteiger partial charge in [0.25, 0.3) is 0 Å². The molecule has 0 fully saturated rings. The highest BCUT2D eigenvalue weighted by molar-refractivity contribution is 5.28. The molecule has 0 aromatic heterocycles. The average Bonchev–Trinajstić information content (AvgIpc) is 2.25. The first-order valence-electron chi connectivity index (χ1n) is 6.21. The lowest BCUT2D eigenvalue weighted by molar-refractivity contribution is 0.0218. The molecule has 1 aromatic carbocycles. The maximum absolute atomic E-state index is 9.86. The molecule has 0 aliphatic rings. The molecular weight excluding hydrogens is 212 g/mol. The van der Waals surface area contributed by atoms with Crippen LogP contribution in [0, 0.1) is 5.41 Å². The van der Waals surface area contributed by atoms with Gasteiger partial charge in [-0.3, -0.25) is 0 Å². The largest absolute Gasteiger partial charge is 0.491 e. The predicted octanol–water partition coefficient (Wildman–Crippen LogP) is 3.60. The maximum Gasteiger partial charge on any atom is 0.119 e. The summed E-state index contributed by atoms with van der Waals surface area (Å²) in [7, 11) is 0. The Bertz CT molecular complexity index is 333. The van der Waals surface area contributed by atoms with E-state index in [1.54, 1.807) is 0 Å². The molecule has 0 amide bonds. The van der Waals surface area contributed by atoms with Crippen molar-refractivity contribution in [3.63, 3.8) is 0 Å². The third-order valence-corrected chi connectivity index (χ3v) is 2.95. The summed E-state index contributed by atoms with van der Waals surface area (Å²) in [6.07, 6.45) is -0.452. The number of hydrogen-bond donors (Lipinski definition) is 1. The van der Waals surface area contributed by atoms with Gasteiger partial charge in [0.05, 0.1) is 6.10 Å². The average molecular weight is 236 g/mol. The van der Waals surface area contributed by atoms with E-state index in [0.717, 1.165) is 5.75 Å². The molecule has 2 heteroatoms. The zero-order valence-corrected chi connectivity index (χ0v) is 11.5. The first kappa shape index (κ1) is 14.0. The lowest BCUT2D eigenvalue weighted by Crippen LogP contribution is -2.31. The topological polar surface area (TPSA) is 29.5 Å². The number of benzene rings is 1. The minimum atomic E-state index is -0.452. The molecule has 0 spiro atoms. The van der Waals surface area contributed by atoms with Gasteiger partial charge in [0.2, 0.25) is 0 Å². The van der Waals surface area contributed by atoms with Crippen LogP contribution in [-0.4, -0.2) is 17.8 Å². The fourth-order valence-corrected chi connectivity index (χ4v) is 1.37. The lowest BCUT2D eigenvalue weighted by Gasteiger charge is -2.25. The number of hydrogen-bond acceptors (Lipinski definition) is 2. The fourth-order valence-electron chi connectivity index (χ4n) is 1.37. The molecule has 1 rings (SSSR count). The second kappa shape index (κ2) is 5.54. The molecule has 0 radical (unpaired) electrons. The molecule has 0 aliphatic carbocycles. The second-order valence-corrected chi connectivity index (χ2v) is 5.92. The highest BCUT2D eigenvalue weighted by Crippen LogP contribution is 2.22. The molecular formula is C15H24O2. The molecule has 1 N–H and O–H groups in total. The molecule has 1 atom stereocenters. The summed E-state index contributed by atoms with van der Waals surface area (Å²) in [6, 6.07) is 8.07. The molecule has 0 heterocycles. The highest BCUT2D eigenvalue weighted by atomic mass is 16.5. The maximum atomic E-state index is 9.86. The van der Waals surface area contributed by atoms with Gasteiger partial charge in [-0.05, 0) is 29.0 Å². The van der Waals surface area contributed by atoms with Crippen molar-refractivity contribution in [1.29, 1.82) is 0 Å². The van der Waals surface area contributed by atoms with Crippen LogP contribution in [0.5, 0.6) is 5.75 Å². The Labute approximate surface area is 105 Å². The molecule has 17 heavy (non-hydrogen) atoms. The molecule has 96 valence electrons. The first-order valence-corrected chi connectivity index (χ1v) is 6.21. The van der Waals surface area contributed by atoms with Crippen molar-refractivity contribution in [3.8, 4) is 5.75 Å². The summed E-state index contributed by atoms with van der Waals surface area (Å²) in [5.74, 6) is 1.35. The van der Waals surface area contributed by atoms with Gasteiger partial charge < -0.3 is 9.84 Å². The van der Waals surface area contributed by atoms with Crippen LogP contribution in [0.25, 0.3) is 0 Å². The van der Waals surface area contributed by atoms with Gasteiger partial charge in [-0.15, -0.1) is 0 Å². The second-order valence-electron chi connectivity index (χ2n) is 5.92. The predicted molar refractivity (Wildman–Crippen MR) is 71.5 cm³/mol. The summed E-state index contributed by atoms with van der Waals surface area (Å²) in [4.78, 5) is 0. The summed E-state index contributed by atoms with van der Waals surface area (Å²) < 4.78 is 5.58. The van der Waals surface area contributed by atoms with Crippen LogP contribution < -0.4 is 4.74 Å². The molecule has 0 saturated carbocycles. The summed E-state index contributed by atoms with van der Waals surface area (Å²) in [6.45, 7) is 10.7. The molecule has 1 aromatic rings. The Morgan fingerprint density at radius 1 is 1.12 bits per heavy atom. The van der Waals surface area contributed by atoms with E-state index in [1.807, 2.05) is 32.9 Å². The van der Waals surface area contributed by atoms with Gasteiger partial charge in [0, 0.05) is 0 Å². The van der Waals surface area contributed by atoms with Gasteiger partial charge >= 0.3 is 0 Å². The quantitative estimate of drug-likeness (QED) is 0.865. The molecule has 2 nitrogen and oxygen atoms in total. The summed E-state index contributed by atoms with van der Waals surface area (Å²) in [5, 5.41) is 9.86. The van der Waals surface area contributed by atoms with Crippen molar-refractivity contribution in [2.24, 2.45) is 5.41 Å². The van der Waals surface area contributed by atoms with Gasteiger partial charge in [-0.1, -0.05) is 46.8 Å². The van der Waals surface area contributed by atoms with Crippen molar-refractivity contribution >= 4 is 0 Å². The zero-order chi connectivity index (χ0) is 13.1. The van der Waals surface area contributed by atoms with Gasteiger partial charge in [0.15, 0.2) is 0 Å². The SMILES string of the molecule is CC(C)c1ccc(OCC(O)C(C)(C)C)cc1. The van der Waals surface area contributed by atoms with E-state index in [1.165, 1.54) is 5.56 Å². The van der Waals surface area contributed by atoms with Gasteiger partial charge in [-0.25, -0.2) is 0 Å². The van der Waals surface area contributed by atoms with Crippen molar-refractivity contribution in [2.75, 3.05) is 6.61 Å². The number of ether oxygens (including phenoxy) is 1. The number of aliphatic hydroxyl groups excluding tert-OH is 1. The van der Waals surface area contributed by atoms with Gasteiger partial charge in [0.1, 0.15) is 12.4 Å². The molecule has 1 unspecified atom stereocenters.